The molecule has 2 aromatic rings. The predicted octanol–water partition coefficient (Wildman–Crippen LogP) is 5.28. The summed E-state index contributed by atoms with van der Waals surface area (Å²) >= 11 is 14.1. The van der Waals surface area contributed by atoms with E-state index in [1.807, 2.05) is 12.1 Å². The van der Waals surface area contributed by atoms with Crippen LogP contribution in [-0.4, -0.2) is 30.3 Å². The van der Waals surface area contributed by atoms with E-state index >= 15 is 0 Å². The summed E-state index contributed by atoms with van der Waals surface area (Å²) in [6.07, 6.45) is 0. The number of ether oxygens (including phenoxy) is 1. The van der Waals surface area contributed by atoms with Crippen LogP contribution in [0.5, 0.6) is 5.75 Å². The van der Waals surface area contributed by atoms with E-state index in [1.165, 1.54) is 0 Å². The second kappa shape index (κ2) is 7.55. The number of halogens is 2. The summed E-state index contributed by atoms with van der Waals surface area (Å²) in [5.41, 5.74) is 1.57. The molecule has 1 heterocycles. The Kier molecular flexibility index (Phi) is 5.43. The van der Waals surface area contributed by atoms with Crippen molar-refractivity contribution in [1.29, 1.82) is 0 Å². The van der Waals surface area contributed by atoms with E-state index in [-0.39, 0.29) is 11.4 Å². The molecule has 1 aliphatic rings. The smallest absolute Gasteiger partial charge is 0.323 e. The number of benzene rings is 2. The number of amides is 2. The van der Waals surface area contributed by atoms with Crippen LogP contribution in [0.2, 0.25) is 10.0 Å². The van der Waals surface area contributed by atoms with Gasteiger partial charge in [0.2, 0.25) is 0 Å². The van der Waals surface area contributed by atoms with Crippen molar-refractivity contribution in [2.75, 3.05) is 24.7 Å². The molecular weight excluding hydrogens is 367 g/mol. The van der Waals surface area contributed by atoms with E-state index in [1.54, 1.807) is 54.1 Å². The first kappa shape index (κ1) is 17.3. The lowest BCUT2D eigenvalue weighted by molar-refractivity contribution is 0.214. The number of nitrogens with zero attached hydrogens (tertiary/aromatic N) is 1. The zero-order valence-electron chi connectivity index (χ0n) is 13.0. The van der Waals surface area contributed by atoms with Gasteiger partial charge in [0.05, 0.1) is 17.2 Å². The average Bonchev–Trinajstić information content (AvgIpc) is 3.07. The Balaban J connectivity index is 1.77. The van der Waals surface area contributed by atoms with Gasteiger partial charge in [0.15, 0.2) is 0 Å². The molecule has 126 valence electrons. The molecule has 2 aromatic carbocycles. The summed E-state index contributed by atoms with van der Waals surface area (Å²) in [5.74, 6) is 1.59. The zero-order chi connectivity index (χ0) is 17.1. The van der Waals surface area contributed by atoms with E-state index in [0.717, 1.165) is 17.1 Å². The molecule has 1 aliphatic heterocycles. The minimum atomic E-state index is -0.161. The predicted molar refractivity (Wildman–Crippen MR) is 100 cm³/mol. The lowest BCUT2D eigenvalue weighted by Crippen LogP contribution is -2.34. The molecule has 0 spiro atoms. The minimum absolute atomic E-state index is 0.144. The molecule has 1 atom stereocenters. The van der Waals surface area contributed by atoms with Crippen molar-refractivity contribution >= 4 is 46.7 Å². The number of rotatable bonds is 3. The minimum Gasteiger partial charge on any atom is -0.497 e. The Morgan fingerprint density at radius 2 is 2.00 bits per heavy atom. The van der Waals surface area contributed by atoms with Gasteiger partial charge >= 0.3 is 6.03 Å². The highest BCUT2D eigenvalue weighted by Crippen LogP contribution is 2.42. The lowest BCUT2D eigenvalue weighted by atomic mass is 10.2. The third-order valence-corrected chi connectivity index (χ3v) is 5.82. The maximum atomic E-state index is 12.6. The highest BCUT2D eigenvalue weighted by molar-refractivity contribution is 7.99. The standard InChI is InChI=1S/C17H16Cl2N2O2S/c1-23-12-7-5-11(6-8-12)20-17(22)21-9-10-24-16(21)13-3-2-4-14(18)15(13)19/h2-8,16H,9-10H2,1H3,(H,20,22). The van der Waals surface area contributed by atoms with Gasteiger partial charge in [-0.2, -0.15) is 0 Å². The van der Waals surface area contributed by atoms with Crippen molar-refractivity contribution in [3.8, 4) is 5.75 Å². The van der Waals surface area contributed by atoms with Crippen LogP contribution in [0, 0.1) is 0 Å². The van der Waals surface area contributed by atoms with E-state index in [2.05, 4.69) is 5.32 Å². The van der Waals surface area contributed by atoms with Crippen LogP contribution >= 0.6 is 35.0 Å². The molecule has 1 unspecified atom stereocenters. The monoisotopic (exact) mass is 382 g/mol. The van der Waals surface area contributed by atoms with Crippen LogP contribution in [0.3, 0.4) is 0 Å². The summed E-state index contributed by atoms with van der Waals surface area (Å²) in [7, 11) is 1.61. The Morgan fingerprint density at radius 1 is 1.25 bits per heavy atom. The molecule has 0 saturated carbocycles. The summed E-state index contributed by atoms with van der Waals surface area (Å²) in [6, 6.07) is 12.6. The number of carbonyl (C=O) groups is 1. The fourth-order valence-electron chi connectivity index (χ4n) is 2.52. The first-order valence-electron chi connectivity index (χ1n) is 7.37. The number of nitrogens with one attached hydrogen (secondary N) is 1. The van der Waals surface area contributed by atoms with Crippen LogP contribution in [0.15, 0.2) is 42.5 Å². The summed E-state index contributed by atoms with van der Waals surface area (Å²) in [5, 5.41) is 3.77. The number of hydrogen-bond acceptors (Lipinski definition) is 3. The van der Waals surface area contributed by atoms with Crippen LogP contribution in [0.25, 0.3) is 0 Å². The quantitative estimate of drug-likeness (QED) is 0.784. The SMILES string of the molecule is COc1ccc(NC(=O)N2CCSC2c2cccc(Cl)c2Cl)cc1. The van der Waals surface area contributed by atoms with Crippen molar-refractivity contribution in [2.45, 2.75) is 5.37 Å². The van der Waals surface area contributed by atoms with Crippen LogP contribution in [0.1, 0.15) is 10.9 Å². The number of carbonyl (C=O) groups excluding carboxylic acids is 1. The van der Waals surface area contributed by atoms with Gasteiger partial charge in [0, 0.05) is 23.5 Å². The molecule has 1 N–H and O–H groups in total. The van der Waals surface area contributed by atoms with Gasteiger partial charge in [-0.25, -0.2) is 4.79 Å². The number of hydrogen-bond donors (Lipinski definition) is 1. The molecule has 0 radical (unpaired) electrons. The van der Waals surface area contributed by atoms with Crippen LogP contribution in [-0.2, 0) is 0 Å². The second-order valence-corrected chi connectivity index (χ2v) is 7.19. The van der Waals surface area contributed by atoms with Crippen molar-refractivity contribution in [2.24, 2.45) is 0 Å². The van der Waals surface area contributed by atoms with Crippen molar-refractivity contribution in [3.63, 3.8) is 0 Å². The highest BCUT2D eigenvalue weighted by Gasteiger charge is 2.32. The van der Waals surface area contributed by atoms with E-state index in [9.17, 15) is 4.79 Å². The Labute approximate surface area is 155 Å². The summed E-state index contributed by atoms with van der Waals surface area (Å²) in [6.45, 7) is 0.653. The molecule has 4 nitrogen and oxygen atoms in total. The summed E-state index contributed by atoms with van der Waals surface area (Å²) < 4.78 is 5.12. The summed E-state index contributed by atoms with van der Waals surface area (Å²) in [4.78, 5) is 14.4. The number of anilines is 1. The average molecular weight is 383 g/mol. The van der Waals surface area contributed by atoms with Gasteiger partial charge in [-0.3, -0.25) is 0 Å². The van der Waals surface area contributed by atoms with Gasteiger partial charge in [-0.15, -0.1) is 11.8 Å². The fraction of sp³-hybridized carbons (Fsp3) is 0.235. The maximum absolute atomic E-state index is 12.6. The van der Waals surface area contributed by atoms with Gasteiger partial charge in [-0.1, -0.05) is 35.3 Å². The van der Waals surface area contributed by atoms with E-state index in [0.29, 0.717) is 22.3 Å². The maximum Gasteiger partial charge on any atom is 0.323 e. The van der Waals surface area contributed by atoms with Crippen molar-refractivity contribution < 1.29 is 9.53 Å². The molecule has 2 amide bonds. The lowest BCUT2D eigenvalue weighted by Gasteiger charge is -2.25. The van der Waals surface area contributed by atoms with Crippen molar-refractivity contribution in [3.05, 3.63) is 58.1 Å². The molecule has 3 rings (SSSR count). The van der Waals surface area contributed by atoms with Crippen molar-refractivity contribution in [1.82, 2.24) is 4.90 Å². The normalized spacial score (nSPS) is 17.0. The topological polar surface area (TPSA) is 41.6 Å². The molecule has 7 heteroatoms. The molecule has 0 aliphatic carbocycles. The number of urea groups is 1. The third-order valence-electron chi connectivity index (χ3n) is 3.74. The first-order chi connectivity index (χ1) is 11.6. The van der Waals surface area contributed by atoms with Crippen LogP contribution < -0.4 is 10.1 Å². The largest absolute Gasteiger partial charge is 0.497 e. The number of methoxy groups -OCH3 is 1. The van der Waals surface area contributed by atoms with Gasteiger partial charge < -0.3 is 15.0 Å². The molecule has 0 aromatic heterocycles. The molecule has 1 saturated heterocycles. The van der Waals surface area contributed by atoms with E-state index < -0.39 is 0 Å². The Morgan fingerprint density at radius 3 is 2.71 bits per heavy atom. The fourth-order valence-corrected chi connectivity index (χ4v) is 4.27. The second-order valence-electron chi connectivity index (χ2n) is 5.22. The molecule has 1 fully saturated rings. The first-order valence-corrected chi connectivity index (χ1v) is 9.18. The Hall–Kier alpha value is -1.56. The van der Waals surface area contributed by atoms with E-state index in [4.69, 9.17) is 27.9 Å². The van der Waals surface area contributed by atoms with Gasteiger partial charge in [0.1, 0.15) is 11.1 Å². The van der Waals surface area contributed by atoms with Gasteiger partial charge in [-0.05, 0) is 30.3 Å². The zero-order valence-corrected chi connectivity index (χ0v) is 15.3. The highest BCUT2D eigenvalue weighted by atomic mass is 35.5. The molecular formula is C17H16Cl2N2O2S. The third kappa shape index (κ3) is 3.58. The Bertz CT molecular complexity index is 740. The van der Waals surface area contributed by atoms with Crippen LogP contribution in [0.4, 0.5) is 10.5 Å². The molecule has 24 heavy (non-hydrogen) atoms. The number of thioether (sulfide) groups is 1. The van der Waals surface area contributed by atoms with Gasteiger partial charge in [0.25, 0.3) is 0 Å². The molecule has 0 bridgehead atoms.